The van der Waals surface area contributed by atoms with E-state index < -0.39 is 0 Å². The summed E-state index contributed by atoms with van der Waals surface area (Å²) in [6, 6.07) is 15.0. The van der Waals surface area contributed by atoms with Crippen molar-refractivity contribution in [3.05, 3.63) is 60.2 Å². The lowest BCUT2D eigenvalue weighted by atomic mass is 10.2. The third-order valence-corrected chi connectivity index (χ3v) is 5.14. The molecule has 1 aromatic carbocycles. The van der Waals surface area contributed by atoms with Gasteiger partial charge in [0, 0.05) is 10.8 Å². The fourth-order valence-electron chi connectivity index (χ4n) is 2.18. The molecular weight excluding hydrogens is 258 g/mol. The summed E-state index contributed by atoms with van der Waals surface area (Å²) in [7, 11) is 0. The summed E-state index contributed by atoms with van der Waals surface area (Å²) in [4.78, 5) is 2.64. The molecule has 4 rings (SSSR count). The highest BCUT2D eigenvalue weighted by Crippen LogP contribution is 2.31. The van der Waals surface area contributed by atoms with Gasteiger partial charge >= 0.3 is 0 Å². The van der Waals surface area contributed by atoms with Crippen molar-refractivity contribution < 1.29 is 4.40 Å². The second-order valence-corrected chi connectivity index (χ2v) is 6.17. The Hall–Kier alpha value is -1.71. The van der Waals surface area contributed by atoms with Gasteiger partial charge in [-0.1, -0.05) is 41.7 Å². The fourth-order valence-corrected chi connectivity index (χ4v) is 4.17. The summed E-state index contributed by atoms with van der Waals surface area (Å²) >= 11 is 3.65. The van der Waals surface area contributed by atoms with Crippen molar-refractivity contribution in [2.24, 2.45) is 0 Å². The summed E-state index contributed by atoms with van der Waals surface area (Å²) in [6.45, 7) is 0. The standard InChI is InChI=1S/C15H10NS2/c1-2-4-11(5-3-1)14-10-16-8-6-13-12(7-9-17-13)15(16)18-14/h1-10H/q+1. The van der Waals surface area contributed by atoms with Gasteiger partial charge in [-0.15, -0.1) is 11.3 Å². The number of nitrogens with zero attached hydrogens (tertiary/aromatic N) is 1. The van der Waals surface area contributed by atoms with E-state index in [1.807, 2.05) is 11.3 Å². The molecule has 0 radical (unpaired) electrons. The topological polar surface area (TPSA) is 4.10 Å². The molecule has 0 unspecified atom stereocenters. The van der Waals surface area contributed by atoms with Crippen molar-refractivity contribution in [2.75, 3.05) is 0 Å². The lowest BCUT2D eigenvalue weighted by Gasteiger charge is -1.90. The SMILES string of the molecule is c1ccc(-c2c[n+]3ccc4sccc4c3s2)cc1. The maximum Gasteiger partial charge on any atom is 0.276 e. The number of benzene rings is 1. The Kier molecular flexibility index (Phi) is 2.22. The second-order valence-electron chi connectivity index (χ2n) is 4.19. The molecular formula is C15H10NS2+. The van der Waals surface area contributed by atoms with Crippen molar-refractivity contribution in [3.63, 3.8) is 0 Å². The predicted molar refractivity (Wildman–Crippen MR) is 78.3 cm³/mol. The molecule has 0 fully saturated rings. The minimum absolute atomic E-state index is 1.29. The molecule has 0 aliphatic carbocycles. The molecule has 0 N–H and O–H groups in total. The van der Waals surface area contributed by atoms with Gasteiger partial charge in [0.15, 0.2) is 12.4 Å². The molecule has 0 aliphatic rings. The fraction of sp³-hybridized carbons (Fsp3) is 0. The van der Waals surface area contributed by atoms with Gasteiger partial charge in [0.1, 0.15) is 4.88 Å². The zero-order chi connectivity index (χ0) is 11.9. The van der Waals surface area contributed by atoms with Crippen LogP contribution in [0.5, 0.6) is 0 Å². The van der Waals surface area contributed by atoms with Crippen LogP contribution in [0.3, 0.4) is 0 Å². The van der Waals surface area contributed by atoms with Gasteiger partial charge in [0.2, 0.25) is 0 Å². The van der Waals surface area contributed by atoms with Crippen molar-refractivity contribution in [1.29, 1.82) is 0 Å². The van der Waals surface area contributed by atoms with Crippen LogP contribution >= 0.6 is 22.7 Å². The third kappa shape index (κ3) is 1.48. The van der Waals surface area contributed by atoms with E-state index in [0.29, 0.717) is 0 Å². The van der Waals surface area contributed by atoms with E-state index in [-0.39, 0.29) is 0 Å². The van der Waals surface area contributed by atoms with Crippen LogP contribution in [0.15, 0.2) is 60.2 Å². The first-order chi connectivity index (χ1) is 8.92. The number of hydrogen-bond donors (Lipinski definition) is 0. The number of pyridine rings is 1. The van der Waals surface area contributed by atoms with Crippen molar-refractivity contribution in [2.45, 2.75) is 0 Å². The number of rotatable bonds is 1. The summed E-state index contributed by atoms with van der Waals surface area (Å²) in [5.74, 6) is 0. The largest absolute Gasteiger partial charge is 0.276 e. The quantitative estimate of drug-likeness (QED) is 0.451. The summed E-state index contributed by atoms with van der Waals surface area (Å²) < 4.78 is 3.58. The van der Waals surface area contributed by atoms with Gasteiger partial charge in [0.05, 0.1) is 5.39 Å². The number of thiophene rings is 1. The van der Waals surface area contributed by atoms with Gasteiger partial charge in [-0.25, -0.2) is 0 Å². The summed E-state index contributed by atoms with van der Waals surface area (Å²) in [6.07, 6.45) is 4.36. The molecule has 0 saturated carbocycles. The molecule has 3 aromatic heterocycles. The first-order valence-electron chi connectivity index (χ1n) is 5.78. The zero-order valence-corrected chi connectivity index (χ0v) is 11.2. The Morgan fingerprint density at radius 3 is 2.72 bits per heavy atom. The van der Waals surface area contributed by atoms with Gasteiger partial charge in [-0.05, 0) is 17.0 Å². The van der Waals surface area contributed by atoms with Gasteiger partial charge in [0.25, 0.3) is 4.83 Å². The molecule has 3 heterocycles. The van der Waals surface area contributed by atoms with Crippen LogP contribution in [0.2, 0.25) is 0 Å². The maximum absolute atomic E-state index is 2.22. The molecule has 18 heavy (non-hydrogen) atoms. The van der Waals surface area contributed by atoms with Gasteiger partial charge in [-0.2, -0.15) is 4.40 Å². The Balaban J connectivity index is 2.04. The highest BCUT2D eigenvalue weighted by Gasteiger charge is 2.14. The molecule has 4 aromatic rings. The van der Waals surface area contributed by atoms with Crippen molar-refractivity contribution in [1.82, 2.24) is 0 Å². The Morgan fingerprint density at radius 2 is 1.83 bits per heavy atom. The lowest BCUT2D eigenvalue weighted by Crippen LogP contribution is -2.15. The number of thiazole rings is 1. The molecule has 0 aliphatic heterocycles. The molecule has 0 saturated heterocycles. The van der Waals surface area contributed by atoms with Crippen LogP contribution in [0.25, 0.3) is 25.4 Å². The first-order valence-corrected chi connectivity index (χ1v) is 7.48. The minimum atomic E-state index is 1.29. The van der Waals surface area contributed by atoms with E-state index >= 15 is 0 Å². The smallest absolute Gasteiger partial charge is 0.156 e. The zero-order valence-electron chi connectivity index (χ0n) is 9.54. The highest BCUT2D eigenvalue weighted by atomic mass is 32.1. The Morgan fingerprint density at radius 1 is 0.944 bits per heavy atom. The second kappa shape index (κ2) is 3.90. The third-order valence-electron chi connectivity index (χ3n) is 3.07. The monoisotopic (exact) mass is 268 g/mol. The van der Waals surface area contributed by atoms with Crippen LogP contribution in [0.4, 0.5) is 0 Å². The van der Waals surface area contributed by atoms with Crippen LogP contribution in [0, 0.1) is 0 Å². The number of hydrogen-bond acceptors (Lipinski definition) is 2. The van der Waals surface area contributed by atoms with E-state index in [2.05, 4.69) is 64.6 Å². The van der Waals surface area contributed by atoms with E-state index in [1.54, 1.807) is 11.3 Å². The lowest BCUT2D eigenvalue weighted by molar-refractivity contribution is -0.505. The van der Waals surface area contributed by atoms with E-state index in [4.69, 9.17) is 0 Å². The summed E-state index contributed by atoms with van der Waals surface area (Å²) in [5.41, 5.74) is 1.29. The van der Waals surface area contributed by atoms with Crippen LogP contribution in [0.1, 0.15) is 0 Å². The van der Waals surface area contributed by atoms with Gasteiger partial charge in [-0.3, -0.25) is 0 Å². The molecule has 0 atom stereocenters. The normalized spacial score (nSPS) is 11.3. The first kappa shape index (κ1) is 10.2. The van der Waals surface area contributed by atoms with Crippen LogP contribution < -0.4 is 4.40 Å². The average Bonchev–Trinajstić information content (AvgIpc) is 3.05. The van der Waals surface area contributed by atoms with Gasteiger partial charge < -0.3 is 0 Å². The van der Waals surface area contributed by atoms with E-state index in [9.17, 15) is 0 Å². The summed E-state index contributed by atoms with van der Waals surface area (Å²) in [5, 5.41) is 3.52. The average molecular weight is 268 g/mol. The van der Waals surface area contributed by atoms with Crippen LogP contribution in [-0.4, -0.2) is 0 Å². The molecule has 0 spiro atoms. The Labute approximate surface area is 113 Å². The molecule has 0 amide bonds. The molecule has 86 valence electrons. The minimum Gasteiger partial charge on any atom is -0.156 e. The molecule has 3 heteroatoms. The number of fused-ring (bicyclic) bond motifs is 3. The number of aromatic nitrogens is 1. The Bertz CT molecular complexity index is 827. The van der Waals surface area contributed by atoms with E-state index in [0.717, 1.165) is 0 Å². The highest BCUT2D eigenvalue weighted by molar-refractivity contribution is 7.22. The van der Waals surface area contributed by atoms with E-state index in [1.165, 1.54) is 25.4 Å². The van der Waals surface area contributed by atoms with Crippen molar-refractivity contribution >= 4 is 37.6 Å². The van der Waals surface area contributed by atoms with Crippen LogP contribution in [-0.2, 0) is 0 Å². The van der Waals surface area contributed by atoms with Crippen molar-refractivity contribution in [3.8, 4) is 10.4 Å². The maximum atomic E-state index is 2.22. The molecule has 1 nitrogen and oxygen atoms in total. The predicted octanol–water partition coefficient (Wildman–Crippen LogP) is 4.37. The molecule has 0 bridgehead atoms.